The van der Waals surface area contributed by atoms with E-state index in [1.165, 1.54) is 12.1 Å². The number of hydrogen-bond acceptors (Lipinski definition) is 5. The van der Waals surface area contributed by atoms with E-state index in [-0.39, 0.29) is 11.3 Å². The molecular weight excluding hydrogens is 370 g/mol. The summed E-state index contributed by atoms with van der Waals surface area (Å²) in [4.78, 5) is 10.7. The fourth-order valence-electron chi connectivity index (χ4n) is 2.42. The first-order valence-electron chi connectivity index (χ1n) is 8.59. The number of carbonyl (C=O) groups is 1. The Kier molecular flexibility index (Phi) is 7.06. The number of nitrogens with one attached hydrogen (secondary N) is 1. The van der Waals surface area contributed by atoms with Gasteiger partial charge >= 0.3 is 5.97 Å². The molecule has 0 aliphatic heterocycles. The van der Waals surface area contributed by atoms with E-state index in [0.29, 0.717) is 36.8 Å². The molecule has 2 rings (SSSR count). The molecule has 0 atom stereocenters. The highest BCUT2D eigenvalue weighted by Crippen LogP contribution is 2.31. The van der Waals surface area contributed by atoms with Crippen molar-refractivity contribution in [1.29, 1.82) is 0 Å². The fraction of sp³-hybridized carbons (Fsp3) is 0.316. The van der Waals surface area contributed by atoms with Gasteiger partial charge in [0, 0.05) is 12.5 Å². The van der Waals surface area contributed by atoms with Crippen LogP contribution in [-0.2, 0) is 21.2 Å². The molecule has 0 aliphatic carbocycles. The van der Waals surface area contributed by atoms with Crippen LogP contribution in [0.15, 0.2) is 47.4 Å². The van der Waals surface area contributed by atoms with Gasteiger partial charge in [0.1, 0.15) is 0 Å². The molecule has 2 aromatic carbocycles. The van der Waals surface area contributed by atoms with Crippen molar-refractivity contribution in [3.05, 3.63) is 48.0 Å². The lowest BCUT2D eigenvalue weighted by atomic mass is 10.1. The van der Waals surface area contributed by atoms with Crippen LogP contribution in [0.25, 0.3) is 0 Å². The third-order valence-electron chi connectivity index (χ3n) is 3.66. The van der Waals surface area contributed by atoms with Crippen LogP contribution < -0.4 is 14.2 Å². The Morgan fingerprint density at radius 1 is 1.00 bits per heavy atom. The molecule has 8 heteroatoms. The molecule has 0 fully saturated rings. The number of carboxylic acids is 1. The average Bonchev–Trinajstić information content (AvgIpc) is 2.62. The van der Waals surface area contributed by atoms with Gasteiger partial charge in [-0.3, -0.25) is 9.52 Å². The maximum absolute atomic E-state index is 12.6. The third kappa shape index (κ3) is 5.89. The van der Waals surface area contributed by atoms with Crippen LogP contribution in [0.5, 0.6) is 11.5 Å². The minimum absolute atomic E-state index is 0.00324. The SMILES string of the molecule is CCOc1ccc(NS(=O)(=O)c2ccc(CCC(=O)O)cc2)cc1OCC. The largest absolute Gasteiger partial charge is 0.490 e. The number of rotatable bonds is 10. The molecule has 0 heterocycles. The van der Waals surface area contributed by atoms with Gasteiger partial charge in [-0.05, 0) is 50.1 Å². The van der Waals surface area contributed by atoms with Gasteiger partial charge in [-0.15, -0.1) is 0 Å². The molecule has 146 valence electrons. The lowest BCUT2D eigenvalue weighted by molar-refractivity contribution is -0.136. The number of aliphatic carboxylic acids is 1. The van der Waals surface area contributed by atoms with Crippen molar-refractivity contribution in [1.82, 2.24) is 0 Å². The van der Waals surface area contributed by atoms with Crippen LogP contribution in [0.4, 0.5) is 5.69 Å². The summed E-state index contributed by atoms with van der Waals surface area (Å²) in [6.07, 6.45) is 0.344. The highest BCUT2D eigenvalue weighted by Gasteiger charge is 2.16. The van der Waals surface area contributed by atoms with E-state index in [0.717, 1.165) is 5.56 Å². The molecule has 0 unspecified atom stereocenters. The number of hydrogen-bond donors (Lipinski definition) is 2. The Morgan fingerprint density at radius 3 is 2.22 bits per heavy atom. The summed E-state index contributed by atoms with van der Waals surface area (Å²) >= 11 is 0. The first kappa shape index (κ1) is 20.6. The van der Waals surface area contributed by atoms with Crippen molar-refractivity contribution in [2.75, 3.05) is 17.9 Å². The van der Waals surface area contributed by atoms with Crippen molar-refractivity contribution >= 4 is 21.7 Å². The van der Waals surface area contributed by atoms with Crippen molar-refractivity contribution in [2.45, 2.75) is 31.6 Å². The van der Waals surface area contributed by atoms with Gasteiger partial charge in [-0.1, -0.05) is 12.1 Å². The number of benzene rings is 2. The topological polar surface area (TPSA) is 102 Å². The van der Waals surface area contributed by atoms with E-state index < -0.39 is 16.0 Å². The smallest absolute Gasteiger partial charge is 0.303 e. The van der Waals surface area contributed by atoms with Gasteiger partial charge < -0.3 is 14.6 Å². The highest BCUT2D eigenvalue weighted by molar-refractivity contribution is 7.92. The zero-order valence-corrected chi connectivity index (χ0v) is 16.1. The van der Waals surface area contributed by atoms with E-state index in [2.05, 4.69) is 4.72 Å². The van der Waals surface area contributed by atoms with E-state index in [1.54, 1.807) is 30.3 Å². The van der Waals surface area contributed by atoms with E-state index >= 15 is 0 Å². The molecule has 0 amide bonds. The first-order valence-corrected chi connectivity index (χ1v) is 10.1. The lowest BCUT2D eigenvalue weighted by Gasteiger charge is -2.14. The molecule has 2 aromatic rings. The molecule has 0 aromatic heterocycles. The standard InChI is InChI=1S/C19H23NO6S/c1-3-25-17-11-8-15(13-18(17)26-4-2)20-27(23,24)16-9-5-14(6-10-16)7-12-19(21)22/h5-6,8-11,13,20H,3-4,7,12H2,1-2H3,(H,21,22). The van der Waals surface area contributed by atoms with Crippen LogP contribution in [-0.4, -0.2) is 32.7 Å². The maximum atomic E-state index is 12.6. The molecule has 7 nitrogen and oxygen atoms in total. The Labute approximate surface area is 159 Å². The van der Waals surface area contributed by atoms with Crippen LogP contribution in [0.1, 0.15) is 25.8 Å². The van der Waals surface area contributed by atoms with Crippen LogP contribution >= 0.6 is 0 Å². The monoisotopic (exact) mass is 393 g/mol. The first-order chi connectivity index (χ1) is 12.9. The fourth-order valence-corrected chi connectivity index (χ4v) is 3.46. The number of ether oxygens (including phenoxy) is 2. The van der Waals surface area contributed by atoms with Gasteiger partial charge in [0.15, 0.2) is 11.5 Å². The molecule has 0 saturated carbocycles. The quantitative estimate of drug-likeness (QED) is 0.642. The second-order valence-corrected chi connectivity index (χ2v) is 7.35. The van der Waals surface area contributed by atoms with Gasteiger partial charge in [0.25, 0.3) is 10.0 Å². The Morgan fingerprint density at radius 2 is 1.63 bits per heavy atom. The summed E-state index contributed by atoms with van der Waals surface area (Å²) in [5.74, 6) is 0.114. The number of aryl methyl sites for hydroxylation is 1. The van der Waals surface area contributed by atoms with E-state index in [4.69, 9.17) is 14.6 Å². The zero-order chi connectivity index (χ0) is 19.9. The second-order valence-electron chi connectivity index (χ2n) is 5.67. The number of carboxylic acid groups (broad SMARTS) is 1. The highest BCUT2D eigenvalue weighted by atomic mass is 32.2. The molecule has 0 saturated heterocycles. The molecule has 2 N–H and O–H groups in total. The maximum Gasteiger partial charge on any atom is 0.303 e. The number of anilines is 1. The van der Waals surface area contributed by atoms with Gasteiger partial charge in [-0.2, -0.15) is 0 Å². The minimum atomic E-state index is -3.78. The Hall–Kier alpha value is -2.74. The molecule has 27 heavy (non-hydrogen) atoms. The molecule has 0 bridgehead atoms. The van der Waals surface area contributed by atoms with Crippen molar-refractivity contribution in [3.63, 3.8) is 0 Å². The summed E-state index contributed by atoms with van der Waals surface area (Å²) in [5, 5.41) is 8.71. The molecule has 0 radical (unpaired) electrons. The van der Waals surface area contributed by atoms with Crippen molar-refractivity contribution in [3.8, 4) is 11.5 Å². The molecule has 0 spiro atoms. The molecular formula is C19H23NO6S. The van der Waals surface area contributed by atoms with Gasteiger partial charge in [0.05, 0.1) is 23.8 Å². The summed E-state index contributed by atoms with van der Waals surface area (Å²) in [5.41, 5.74) is 1.12. The van der Waals surface area contributed by atoms with Crippen LogP contribution in [0.3, 0.4) is 0 Å². The van der Waals surface area contributed by atoms with Gasteiger partial charge in [-0.25, -0.2) is 8.42 Å². The summed E-state index contributed by atoms with van der Waals surface area (Å²) in [7, 11) is -3.78. The van der Waals surface area contributed by atoms with E-state index in [9.17, 15) is 13.2 Å². The van der Waals surface area contributed by atoms with E-state index in [1.807, 2.05) is 13.8 Å². The minimum Gasteiger partial charge on any atom is -0.490 e. The lowest BCUT2D eigenvalue weighted by Crippen LogP contribution is -2.13. The van der Waals surface area contributed by atoms with Crippen LogP contribution in [0, 0.1) is 0 Å². The number of sulfonamides is 1. The zero-order valence-electron chi connectivity index (χ0n) is 15.3. The summed E-state index contributed by atoms with van der Waals surface area (Å²) in [6.45, 7) is 4.58. The summed E-state index contributed by atoms with van der Waals surface area (Å²) < 4.78 is 38.7. The normalized spacial score (nSPS) is 11.0. The summed E-state index contributed by atoms with van der Waals surface area (Å²) in [6, 6.07) is 11.0. The average molecular weight is 393 g/mol. The van der Waals surface area contributed by atoms with Crippen LogP contribution in [0.2, 0.25) is 0 Å². The molecule has 0 aliphatic rings. The van der Waals surface area contributed by atoms with Crippen molar-refractivity contribution < 1.29 is 27.8 Å². The second kappa shape index (κ2) is 9.27. The Balaban J connectivity index is 2.17. The Bertz CT molecular complexity index is 878. The third-order valence-corrected chi connectivity index (χ3v) is 5.05. The predicted molar refractivity (Wildman–Crippen MR) is 102 cm³/mol. The predicted octanol–water partition coefficient (Wildman–Crippen LogP) is 3.30. The van der Waals surface area contributed by atoms with Gasteiger partial charge in [0.2, 0.25) is 0 Å². The van der Waals surface area contributed by atoms with Crippen molar-refractivity contribution in [2.24, 2.45) is 0 Å².